The lowest BCUT2D eigenvalue weighted by atomic mass is 10.6. The van der Waals surface area contributed by atoms with E-state index in [0.717, 1.165) is 0 Å². The molecule has 40 heavy (non-hydrogen) atoms. The standard InChI is InChI=1S/C25H51N3O12/c1-29-4-5-31-8-9-33-12-13-35-16-17-37-20-21-39-24-25-40-23-22-38-19-18-36-15-14-34-11-10-32-7-6-30-3-2-27-28-26/h2-25H2,1H3. The summed E-state index contributed by atoms with van der Waals surface area (Å²) in [5.74, 6) is 0. The fourth-order valence-corrected chi connectivity index (χ4v) is 2.59. The quantitative estimate of drug-likeness (QED) is 0.0447. The molecule has 0 rings (SSSR count). The van der Waals surface area contributed by atoms with Crippen molar-refractivity contribution < 1.29 is 56.8 Å². The Labute approximate surface area is 238 Å². The summed E-state index contributed by atoms with van der Waals surface area (Å²) in [4.78, 5) is 2.64. The van der Waals surface area contributed by atoms with Gasteiger partial charge in [-0.25, -0.2) is 0 Å². The van der Waals surface area contributed by atoms with Gasteiger partial charge in [-0.3, -0.25) is 0 Å². The van der Waals surface area contributed by atoms with Gasteiger partial charge in [-0.05, 0) is 5.53 Å². The van der Waals surface area contributed by atoms with E-state index in [1.807, 2.05) is 0 Å². The van der Waals surface area contributed by atoms with Gasteiger partial charge < -0.3 is 56.8 Å². The Morgan fingerprint density at radius 1 is 0.350 bits per heavy atom. The molecule has 0 fully saturated rings. The minimum absolute atomic E-state index is 0.329. The Kier molecular flexibility index (Phi) is 36.7. The summed E-state index contributed by atoms with van der Waals surface area (Å²) in [5, 5.41) is 3.37. The third-order valence-corrected chi connectivity index (χ3v) is 4.55. The van der Waals surface area contributed by atoms with Crippen LogP contribution in [0.4, 0.5) is 0 Å². The molecule has 0 spiro atoms. The Balaban J connectivity index is 3.03. The van der Waals surface area contributed by atoms with Crippen LogP contribution in [0.25, 0.3) is 10.4 Å². The summed E-state index contributed by atoms with van der Waals surface area (Å²) in [6.07, 6.45) is 0. The SMILES string of the molecule is COCCOCCOCCOCCOCCOCCOCCOCCOCCOCCOCCOCCN=[N+]=[N-]. The second kappa shape index (κ2) is 37.8. The summed E-state index contributed by atoms with van der Waals surface area (Å²) in [6, 6.07) is 0. The maximum atomic E-state index is 8.12. The molecule has 0 aliphatic rings. The second-order valence-corrected chi connectivity index (χ2v) is 7.68. The van der Waals surface area contributed by atoms with Gasteiger partial charge in [0, 0.05) is 18.6 Å². The molecule has 0 aromatic carbocycles. The van der Waals surface area contributed by atoms with E-state index in [9.17, 15) is 0 Å². The van der Waals surface area contributed by atoms with Crippen molar-refractivity contribution >= 4 is 0 Å². The number of nitrogens with zero attached hydrogens (tertiary/aromatic N) is 3. The fraction of sp³-hybridized carbons (Fsp3) is 1.00. The lowest BCUT2D eigenvalue weighted by Crippen LogP contribution is -2.15. The van der Waals surface area contributed by atoms with Crippen molar-refractivity contribution in [3.63, 3.8) is 0 Å². The van der Waals surface area contributed by atoms with E-state index in [4.69, 9.17) is 62.4 Å². The van der Waals surface area contributed by atoms with E-state index in [0.29, 0.717) is 159 Å². The van der Waals surface area contributed by atoms with Crippen molar-refractivity contribution in [2.75, 3.05) is 166 Å². The zero-order chi connectivity index (χ0) is 28.9. The summed E-state index contributed by atoms with van der Waals surface area (Å²) in [6.45, 7) is 12.0. The highest BCUT2D eigenvalue weighted by molar-refractivity contribution is 4.44. The van der Waals surface area contributed by atoms with Gasteiger partial charge in [0.25, 0.3) is 0 Å². The molecule has 15 heteroatoms. The topological polar surface area (TPSA) is 160 Å². The highest BCUT2D eigenvalue weighted by Gasteiger charge is 1.96. The first kappa shape index (κ1) is 38.8. The first-order valence-corrected chi connectivity index (χ1v) is 13.8. The fourth-order valence-electron chi connectivity index (χ4n) is 2.59. The average molecular weight is 586 g/mol. The van der Waals surface area contributed by atoms with E-state index in [2.05, 4.69) is 10.0 Å². The minimum atomic E-state index is 0.329. The van der Waals surface area contributed by atoms with Crippen LogP contribution in [0.5, 0.6) is 0 Å². The van der Waals surface area contributed by atoms with Gasteiger partial charge in [-0.2, -0.15) is 0 Å². The van der Waals surface area contributed by atoms with E-state index in [-0.39, 0.29) is 0 Å². The number of azide groups is 1. The Bertz CT molecular complexity index is 519. The maximum absolute atomic E-state index is 8.12. The van der Waals surface area contributed by atoms with Crippen LogP contribution >= 0.6 is 0 Å². The van der Waals surface area contributed by atoms with E-state index in [1.54, 1.807) is 7.11 Å². The zero-order valence-corrected chi connectivity index (χ0v) is 24.2. The van der Waals surface area contributed by atoms with Gasteiger partial charge in [0.05, 0.1) is 152 Å². The Morgan fingerprint density at radius 3 is 0.750 bits per heavy atom. The normalized spacial score (nSPS) is 11.2. The highest BCUT2D eigenvalue weighted by atomic mass is 16.6. The number of methoxy groups -OCH3 is 1. The van der Waals surface area contributed by atoms with Gasteiger partial charge in [0.1, 0.15) is 0 Å². The summed E-state index contributed by atoms with van der Waals surface area (Å²) >= 11 is 0. The highest BCUT2D eigenvalue weighted by Crippen LogP contribution is 1.87. The van der Waals surface area contributed by atoms with Crippen molar-refractivity contribution in [3.05, 3.63) is 10.4 Å². The van der Waals surface area contributed by atoms with Crippen LogP contribution in [0.15, 0.2) is 5.11 Å². The molecule has 0 saturated carbocycles. The molecule has 0 radical (unpaired) electrons. The molecule has 0 aliphatic carbocycles. The van der Waals surface area contributed by atoms with Crippen molar-refractivity contribution in [1.29, 1.82) is 0 Å². The smallest absolute Gasteiger partial charge is 0.0701 e. The van der Waals surface area contributed by atoms with Crippen LogP contribution in [0, 0.1) is 0 Å². The molecule has 0 atom stereocenters. The number of ether oxygens (including phenoxy) is 12. The van der Waals surface area contributed by atoms with Gasteiger partial charge in [-0.15, -0.1) is 0 Å². The van der Waals surface area contributed by atoms with Gasteiger partial charge in [0.15, 0.2) is 0 Å². The third kappa shape index (κ3) is 36.8. The van der Waals surface area contributed by atoms with E-state index in [1.165, 1.54) is 0 Å². The van der Waals surface area contributed by atoms with Gasteiger partial charge in [-0.1, -0.05) is 5.11 Å². The van der Waals surface area contributed by atoms with E-state index < -0.39 is 0 Å². The van der Waals surface area contributed by atoms with Crippen molar-refractivity contribution in [2.24, 2.45) is 5.11 Å². The molecule has 0 amide bonds. The summed E-state index contributed by atoms with van der Waals surface area (Å²) < 4.78 is 64.2. The minimum Gasteiger partial charge on any atom is -0.382 e. The number of hydrogen-bond acceptors (Lipinski definition) is 13. The van der Waals surface area contributed by atoms with Crippen molar-refractivity contribution in [2.45, 2.75) is 0 Å². The Hall–Kier alpha value is -1.17. The lowest BCUT2D eigenvalue weighted by Gasteiger charge is -2.09. The Morgan fingerprint density at radius 2 is 0.550 bits per heavy atom. The van der Waals surface area contributed by atoms with Crippen molar-refractivity contribution in [1.82, 2.24) is 0 Å². The predicted molar refractivity (Wildman–Crippen MR) is 145 cm³/mol. The first-order valence-electron chi connectivity index (χ1n) is 13.8. The molecular weight excluding hydrogens is 534 g/mol. The second-order valence-electron chi connectivity index (χ2n) is 7.68. The average Bonchev–Trinajstić information content (AvgIpc) is 2.97. The number of rotatable bonds is 36. The first-order chi connectivity index (χ1) is 19.9. The van der Waals surface area contributed by atoms with Crippen molar-refractivity contribution in [3.8, 4) is 0 Å². The molecule has 15 nitrogen and oxygen atoms in total. The molecule has 0 heterocycles. The van der Waals surface area contributed by atoms with Crippen LogP contribution in [0.3, 0.4) is 0 Å². The molecule has 0 aromatic rings. The van der Waals surface area contributed by atoms with Crippen LogP contribution in [0.2, 0.25) is 0 Å². The van der Waals surface area contributed by atoms with Gasteiger partial charge in [0.2, 0.25) is 0 Å². The molecule has 0 N–H and O–H groups in total. The largest absolute Gasteiger partial charge is 0.382 e. The van der Waals surface area contributed by atoms with Crippen LogP contribution in [-0.2, 0) is 56.8 Å². The lowest BCUT2D eigenvalue weighted by molar-refractivity contribution is -0.0279. The third-order valence-electron chi connectivity index (χ3n) is 4.55. The molecule has 0 aliphatic heterocycles. The molecule has 0 unspecified atom stereocenters. The monoisotopic (exact) mass is 585 g/mol. The molecule has 0 bridgehead atoms. The molecule has 238 valence electrons. The van der Waals surface area contributed by atoms with Gasteiger partial charge >= 0.3 is 0 Å². The van der Waals surface area contributed by atoms with Crippen LogP contribution in [0.1, 0.15) is 0 Å². The molecule has 0 saturated heterocycles. The summed E-state index contributed by atoms with van der Waals surface area (Å²) in [5.41, 5.74) is 8.12. The number of hydrogen-bond donors (Lipinski definition) is 0. The maximum Gasteiger partial charge on any atom is 0.0701 e. The predicted octanol–water partition coefficient (Wildman–Crippen LogP) is 1.13. The van der Waals surface area contributed by atoms with E-state index >= 15 is 0 Å². The molecule has 0 aromatic heterocycles. The molecular formula is C25H51N3O12. The van der Waals surface area contributed by atoms with Crippen LogP contribution in [-0.4, -0.2) is 166 Å². The van der Waals surface area contributed by atoms with Crippen LogP contribution < -0.4 is 0 Å². The zero-order valence-electron chi connectivity index (χ0n) is 24.2. The summed E-state index contributed by atoms with van der Waals surface area (Å²) in [7, 11) is 1.64.